The summed E-state index contributed by atoms with van der Waals surface area (Å²) < 4.78 is 17.0. The molecule has 0 spiro atoms. The van der Waals surface area contributed by atoms with E-state index in [4.69, 9.17) is 14.2 Å². The van der Waals surface area contributed by atoms with E-state index in [9.17, 15) is 14.4 Å². The summed E-state index contributed by atoms with van der Waals surface area (Å²) in [4.78, 5) is 38.4. The number of carbonyl (C=O) groups is 3. The molecule has 0 aliphatic carbocycles. The Balaban J connectivity index is 4.24. The largest absolute Gasteiger partial charge is 0.462 e. The fourth-order valence-corrected chi connectivity index (χ4v) is 9.88. The van der Waals surface area contributed by atoms with E-state index in [1.54, 1.807) is 0 Å². The van der Waals surface area contributed by atoms with E-state index in [0.29, 0.717) is 19.3 Å². The smallest absolute Gasteiger partial charge is 0.306 e. The predicted octanol–water partition coefficient (Wildman–Crippen LogP) is 23.3. The van der Waals surface area contributed by atoms with Crippen molar-refractivity contribution in [2.45, 2.75) is 354 Å². The van der Waals surface area contributed by atoms with E-state index in [0.717, 1.165) is 96.3 Å². The molecule has 0 amide bonds. The SMILES string of the molecule is CC/C=C\C/C=C\C/C=C\CCCCCCCCCC(=O)OC(COC(=O)CCCCCCCCCCCCCCCC)COC(=O)CCCCCCCCCCCCCCCC/C=C\C/C=C\C/C=C\CCCCCCC. The molecule has 452 valence electrons. The van der Waals surface area contributed by atoms with E-state index in [2.05, 4.69) is 93.7 Å². The molecule has 6 heteroatoms. The van der Waals surface area contributed by atoms with Gasteiger partial charge in [-0.25, -0.2) is 0 Å². The normalized spacial score (nSPS) is 12.5. The summed E-state index contributed by atoms with van der Waals surface area (Å²) in [5, 5.41) is 0. The molecule has 1 unspecified atom stereocenters. The highest BCUT2D eigenvalue weighted by Gasteiger charge is 2.19. The van der Waals surface area contributed by atoms with Crippen LogP contribution in [0.5, 0.6) is 0 Å². The number of hydrogen-bond acceptors (Lipinski definition) is 6. The summed E-state index contributed by atoms with van der Waals surface area (Å²) in [6, 6.07) is 0. The second-order valence-corrected chi connectivity index (χ2v) is 22.7. The van der Waals surface area contributed by atoms with Crippen LogP contribution in [0.4, 0.5) is 0 Å². The zero-order chi connectivity index (χ0) is 56.4. The van der Waals surface area contributed by atoms with Crippen LogP contribution in [-0.2, 0) is 28.6 Å². The average Bonchev–Trinajstić information content (AvgIpc) is 3.44. The van der Waals surface area contributed by atoms with Gasteiger partial charge in [0.05, 0.1) is 0 Å². The molecular formula is C72H128O6. The van der Waals surface area contributed by atoms with Crippen molar-refractivity contribution in [3.63, 3.8) is 0 Å². The maximum absolute atomic E-state index is 12.9. The standard InChI is InChI=1S/C72H128O6/c1-4-7-10-13-16-19-22-25-28-30-31-32-33-34-35-36-37-38-39-40-41-43-44-47-50-53-56-59-62-65-71(74)77-68-69(67-76-70(73)64-61-58-55-52-49-46-27-24-21-18-15-12-9-6-3)78-72(75)66-63-60-57-54-51-48-45-42-29-26-23-20-17-14-11-8-5-2/h8,11,17,20,22,25-26,29-31,33-34,69H,4-7,9-10,12-16,18-19,21,23-24,27-28,32,35-68H2,1-3H3/b11-8-,20-17-,25-22-,29-26-,31-30-,34-33-. The number of hydrogen-bond donors (Lipinski definition) is 0. The minimum Gasteiger partial charge on any atom is -0.462 e. The summed E-state index contributed by atoms with van der Waals surface area (Å²) in [5.74, 6) is -0.867. The molecule has 0 aromatic heterocycles. The van der Waals surface area contributed by atoms with Gasteiger partial charge in [-0.2, -0.15) is 0 Å². The molecule has 0 saturated carbocycles. The molecule has 0 N–H and O–H groups in total. The lowest BCUT2D eigenvalue weighted by molar-refractivity contribution is -0.167. The Hall–Kier alpha value is -3.15. The maximum atomic E-state index is 12.9. The Morgan fingerprint density at radius 1 is 0.269 bits per heavy atom. The molecule has 0 aliphatic heterocycles. The van der Waals surface area contributed by atoms with Crippen molar-refractivity contribution < 1.29 is 28.6 Å². The Labute approximate surface area is 484 Å². The molecule has 0 aromatic carbocycles. The van der Waals surface area contributed by atoms with Gasteiger partial charge in [0.2, 0.25) is 0 Å². The predicted molar refractivity (Wildman–Crippen MR) is 339 cm³/mol. The Bertz CT molecular complexity index is 1440. The highest BCUT2D eigenvalue weighted by atomic mass is 16.6. The first-order chi connectivity index (χ1) is 38.5. The van der Waals surface area contributed by atoms with Gasteiger partial charge in [-0.1, -0.05) is 312 Å². The van der Waals surface area contributed by atoms with Crippen molar-refractivity contribution in [2.24, 2.45) is 0 Å². The fourth-order valence-electron chi connectivity index (χ4n) is 9.88. The van der Waals surface area contributed by atoms with Crippen molar-refractivity contribution in [1.82, 2.24) is 0 Å². The molecule has 1 atom stereocenters. The summed E-state index contributed by atoms with van der Waals surface area (Å²) in [6.07, 6.45) is 86.3. The van der Waals surface area contributed by atoms with Gasteiger partial charge >= 0.3 is 17.9 Å². The summed E-state index contributed by atoms with van der Waals surface area (Å²) in [5.41, 5.74) is 0. The monoisotopic (exact) mass is 1090 g/mol. The minimum absolute atomic E-state index is 0.0756. The van der Waals surface area contributed by atoms with Gasteiger partial charge in [0.15, 0.2) is 6.10 Å². The van der Waals surface area contributed by atoms with E-state index in [1.165, 1.54) is 212 Å². The van der Waals surface area contributed by atoms with Crippen LogP contribution in [0.2, 0.25) is 0 Å². The third kappa shape index (κ3) is 63.7. The van der Waals surface area contributed by atoms with Gasteiger partial charge in [0.25, 0.3) is 0 Å². The van der Waals surface area contributed by atoms with Crippen molar-refractivity contribution in [1.29, 1.82) is 0 Å². The Kier molecular flexibility index (Phi) is 63.7. The minimum atomic E-state index is -0.780. The van der Waals surface area contributed by atoms with E-state index < -0.39 is 6.10 Å². The van der Waals surface area contributed by atoms with Gasteiger partial charge in [-0.05, 0) is 89.9 Å². The number of rotatable bonds is 62. The topological polar surface area (TPSA) is 78.9 Å². The molecule has 0 bridgehead atoms. The zero-order valence-corrected chi connectivity index (χ0v) is 51.9. The van der Waals surface area contributed by atoms with Gasteiger partial charge in [0.1, 0.15) is 13.2 Å². The fraction of sp³-hybridized carbons (Fsp3) is 0.792. The highest BCUT2D eigenvalue weighted by Crippen LogP contribution is 2.17. The summed E-state index contributed by atoms with van der Waals surface area (Å²) in [6.45, 7) is 6.56. The van der Waals surface area contributed by atoms with E-state index in [1.807, 2.05) is 0 Å². The number of allylic oxidation sites excluding steroid dienone is 12. The lowest BCUT2D eigenvalue weighted by atomic mass is 10.0. The van der Waals surface area contributed by atoms with Crippen LogP contribution in [0.15, 0.2) is 72.9 Å². The Morgan fingerprint density at radius 3 is 0.782 bits per heavy atom. The van der Waals surface area contributed by atoms with Crippen LogP contribution in [0.25, 0.3) is 0 Å². The van der Waals surface area contributed by atoms with E-state index in [-0.39, 0.29) is 31.1 Å². The van der Waals surface area contributed by atoms with Crippen molar-refractivity contribution in [3.8, 4) is 0 Å². The molecule has 0 fully saturated rings. The molecule has 0 radical (unpaired) electrons. The summed E-state index contributed by atoms with van der Waals surface area (Å²) in [7, 11) is 0. The van der Waals surface area contributed by atoms with Crippen LogP contribution in [0, 0.1) is 0 Å². The first kappa shape index (κ1) is 74.8. The summed E-state index contributed by atoms with van der Waals surface area (Å²) >= 11 is 0. The quantitative estimate of drug-likeness (QED) is 0.0261. The zero-order valence-electron chi connectivity index (χ0n) is 51.9. The first-order valence-electron chi connectivity index (χ1n) is 33.9. The van der Waals surface area contributed by atoms with Crippen LogP contribution < -0.4 is 0 Å². The van der Waals surface area contributed by atoms with Crippen LogP contribution in [0.3, 0.4) is 0 Å². The number of unbranched alkanes of at least 4 members (excludes halogenated alkanes) is 39. The molecule has 0 saturated heterocycles. The molecule has 78 heavy (non-hydrogen) atoms. The van der Waals surface area contributed by atoms with Crippen LogP contribution in [-0.4, -0.2) is 37.2 Å². The molecular weight excluding hydrogens is 961 g/mol. The van der Waals surface area contributed by atoms with E-state index >= 15 is 0 Å². The van der Waals surface area contributed by atoms with Gasteiger partial charge in [-0.3, -0.25) is 14.4 Å². The molecule has 0 rings (SSSR count). The number of ether oxygens (including phenoxy) is 3. The lowest BCUT2D eigenvalue weighted by Gasteiger charge is -2.18. The molecule has 0 aliphatic rings. The van der Waals surface area contributed by atoms with Crippen LogP contribution >= 0.6 is 0 Å². The average molecular weight is 1090 g/mol. The molecule has 6 nitrogen and oxygen atoms in total. The van der Waals surface area contributed by atoms with Gasteiger partial charge in [-0.15, -0.1) is 0 Å². The van der Waals surface area contributed by atoms with Crippen molar-refractivity contribution >= 4 is 17.9 Å². The molecule has 0 heterocycles. The third-order valence-electron chi connectivity index (χ3n) is 14.9. The second-order valence-electron chi connectivity index (χ2n) is 22.7. The third-order valence-corrected chi connectivity index (χ3v) is 14.9. The second kappa shape index (κ2) is 66.4. The highest BCUT2D eigenvalue weighted by molar-refractivity contribution is 5.71. The van der Waals surface area contributed by atoms with Crippen molar-refractivity contribution in [3.05, 3.63) is 72.9 Å². The van der Waals surface area contributed by atoms with Crippen LogP contribution in [0.1, 0.15) is 348 Å². The van der Waals surface area contributed by atoms with Crippen molar-refractivity contribution in [2.75, 3.05) is 13.2 Å². The Morgan fingerprint density at radius 2 is 0.500 bits per heavy atom. The van der Waals surface area contributed by atoms with Gasteiger partial charge in [0, 0.05) is 19.3 Å². The first-order valence-corrected chi connectivity index (χ1v) is 33.9. The maximum Gasteiger partial charge on any atom is 0.306 e. The number of esters is 3. The number of carbonyl (C=O) groups excluding carboxylic acids is 3. The van der Waals surface area contributed by atoms with Gasteiger partial charge < -0.3 is 14.2 Å². The lowest BCUT2D eigenvalue weighted by Crippen LogP contribution is -2.30. The molecule has 0 aromatic rings.